The fraction of sp³-hybridized carbons (Fsp3) is 0.361. The number of sulfone groups is 1. The Balaban J connectivity index is 1.36. The zero-order chi connectivity index (χ0) is 33.1. The molecule has 1 aromatic heterocycles. The standard InChI is InChI=1S/C36H43N5O4S/c1-24-9-13-29(14-10-24)41-34(23-33(40-41)36(2,3)4)39-35(43)38-28-8-6-7-27(21-28)31(25-17-19-37-20-18-25)22-32(42)26-11-15-30(16-12-26)46(5,44)45/h6-16,21,23,25,31,37H,17-20,22H2,1-5H3,(H2,38,39,43). The van der Waals surface area contributed by atoms with Gasteiger partial charge in [-0.25, -0.2) is 17.9 Å². The van der Waals surface area contributed by atoms with Crippen LogP contribution in [0.3, 0.4) is 0 Å². The van der Waals surface area contributed by atoms with Gasteiger partial charge < -0.3 is 10.6 Å². The third-order valence-corrected chi connectivity index (χ3v) is 9.66. The number of rotatable bonds is 9. The molecule has 1 atom stereocenters. The van der Waals surface area contributed by atoms with Crippen LogP contribution in [0.25, 0.3) is 5.69 Å². The number of ketones is 1. The third-order valence-electron chi connectivity index (χ3n) is 8.53. The predicted molar refractivity (Wildman–Crippen MR) is 183 cm³/mol. The lowest BCUT2D eigenvalue weighted by atomic mass is 9.77. The molecule has 1 saturated heterocycles. The van der Waals surface area contributed by atoms with Crippen LogP contribution in [-0.2, 0) is 15.3 Å². The maximum atomic E-state index is 13.5. The molecule has 1 aliphatic heterocycles. The van der Waals surface area contributed by atoms with E-state index in [0.717, 1.165) is 54.7 Å². The minimum atomic E-state index is -3.35. The van der Waals surface area contributed by atoms with Crippen molar-refractivity contribution in [3.8, 4) is 5.69 Å². The molecule has 3 N–H and O–H groups in total. The molecule has 0 radical (unpaired) electrons. The van der Waals surface area contributed by atoms with Gasteiger partial charge in [-0.05, 0) is 86.7 Å². The number of benzene rings is 3. The number of aromatic nitrogens is 2. The molecule has 4 aromatic rings. The Bertz CT molecular complexity index is 1800. The lowest BCUT2D eigenvalue weighted by Crippen LogP contribution is -2.31. The average molecular weight is 642 g/mol. The molecule has 0 aliphatic carbocycles. The minimum absolute atomic E-state index is 0.0429. The molecule has 0 spiro atoms. The quantitative estimate of drug-likeness (QED) is 0.171. The van der Waals surface area contributed by atoms with E-state index < -0.39 is 15.9 Å². The molecule has 5 rings (SSSR count). The summed E-state index contributed by atoms with van der Waals surface area (Å²) in [5.74, 6) is 0.733. The van der Waals surface area contributed by atoms with Crippen molar-refractivity contribution < 1.29 is 18.0 Å². The van der Waals surface area contributed by atoms with Gasteiger partial charge in [0.1, 0.15) is 5.82 Å². The topological polar surface area (TPSA) is 122 Å². The van der Waals surface area contributed by atoms with Crippen LogP contribution in [0.15, 0.2) is 83.8 Å². The molecule has 2 amide bonds. The summed E-state index contributed by atoms with van der Waals surface area (Å²) in [7, 11) is -3.35. The first-order valence-electron chi connectivity index (χ1n) is 15.7. The number of nitrogens with one attached hydrogen (secondary N) is 3. The van der Waals surface area contributed by atoms with E-state index in [9.17, 15) is 18.0 Å². The van der Waals surface area contributed by atoms with Gasteiger partial charge in [-0.3, -0.25) is 10.1 Å². The zero-order valence-electron chi connectivity index (χ0n) is 27.1. The fourth-order valence-electron chi connectivity index (χ4n) is 5.85. The van der Waals surface area contributed by atoms with Crippen LogP contribution in [0.2, 0.25) is 0 Å². The second-order valence-corrected chi connectivity index (χ2v) is 15.3. The highest BCUT2D eigenvalue weighted by atomic mass is 32.2. The van der Waals surface area contributed by atoms with Crippen molar-refractivity contribution >= 4 is 33.2 Å². The highest BCUT2D eigenvalue weighted by molar-refractivity contribution is 7.90. The van der Waals surface area contributed by atoms with Gasteiger partial charge in [0.05, 0.1) is 16.3 Å². The van der Waals surface area contributed by atoms with E-state index in [2.05, 4.69) is 36.7 Å². The Hall–Kier alpha value is -4.28. The van der Waals surface area contributed by atoms with Crippen LogP contribution >= 0.6 is 0 Å². The molecule has 1 aliphatic rings. The maximum absolute atomic E-state index is 13.5. The molecule has 1 fully saturated rings. The average Bonchev–Trinajstić information content (AvgIpc) is 3.44. The molecule has 46 heavy (non-hydrogen) atoms. The van der Waals surface area contributed by atoms with E-state index in [1.165, 1.54) is 12.1 Å². The first kappa shape index (κ1) is 33.1. The maximum Gasteiger partial charge on any atom is 0.324 e. The van der Waals surface area contributed by atoms with Crippen LogP contribution < -0.4 is 16.0 Å². The monoisotopic (exact) mass is 641 g/mol. The van der Waals surface area contributed by atoms with E-state index in [1.54, 1.807) is 16.8 Å². The van der Waals surface area contributed by atoms with Crippen LogP contribution in [0, 0.1) is 12.8 Å². The van der Waals surface area contributed by atoms with Crippen molar-refractivity contribution in [1.29, 1.82) is 0 Å². The predicted octanol–water partition coefficient (Wildman–Crippen LogP) is 6.88. The van der Waals surface area contributed by atoms with Crippen molar-refractivity contribution in [3.05, 3.63) is 101 Å². The summed E-state index contributed by atoms with van der Waals surface area (Å²) >= 11 is 0. The van der Waals surface area contributed by atoms with Gasteiger partial charge in [0.2, 0.25) is 0 Å². The molecule has 2 heterocycles. The second-order valence-electron chi connectivity index (χ2n) is 13.2. The van der Waals surface area contributed by atoms with Gasteiger partial charge in [-0.15, -0.1) is 0 Å². The molecule has 9 nitrogen and oxygen atoms in total. The number of hydrogen-bond acceptors (Lipinski definition) is 6. The fourth-order valence-corrected chi connectivity index (χ4v) is 6.48. The minimum Gasteiger partial charge on any atom is -0.317 e. The first-order valence-corrected chi connectivity index (χ1v) is 17.6. The van der Waals surface area contributed by atoms with E-state index >= 15 is 0 Å². The second kappa shape index (κ2) is 13.6. The molecular weight excluding hydrogens is 598 g/mol. The summed E-state index contributed by atoms with van der Waals surface area (Å²) in [6, 6.07) is 23.3. The Morgan fingerprint density at radius 2 is 1.63 bits per heavy atom. The summed E-state index contributed by atoms with van der Waals surface area (Å²) in [5.41, 5.74) is 4.70. The van der Waals surface area contributed by atoms with Gasteiger partial charge in [-0.2, -0.15) is 5.10 Å². The van der Waals surface area contributed by atoms with Crippen molar-refractivity contribution in [3.63, 3.8) is 0 Å². The molecule has 10 heteroatoms. The number of anilines is 2. The number of nitrogens with zero attached hydrogens (tertiary/aromatic N) is 2. The van der Waals surface area contributed by atoms with E-state index in [4.69, 9.17) is 5.10 Å². The van der Waals surface area contributed by atoms with Crippen molar-refractivity contribution in [2.75, 3.05) is 30.0 Å². The van der Waals surface area contributed by atoms with E-state index in [0.29, 0.717) is 17.1 Å². The highest BCUT2D eigenvalue weighted by Crippen LogP contribution is 2.36. The number of urea groups is 1. The van der Waals surface area contributed by atoms with E-state index in [1.807, 2.05) is 61.5 Å². The smallest absolute Gasteiger partial charge is 0.317 e. The Morgan fingerprint density at radius 1 is 0.957 bits per heavy atom. The Labute approximate surface area is 271 Å². The van der Waals surface area contributed by atoms with Gasteiger partial charge >= 0.3 is 6.03 Å². The van der Waals surface area contributed by atoms with Crippen molar-refractivity contribution in [2.24, 2.45) is 5.92 Å². The number of carbonyl (C=O) groups excluding carboxylic acids is 2. The lowest BCUT2D eigenvalue weighted by molar-refractivity contribution is 0.0959. The number of piperidine rings is 1. The highest BCUT2D eigenvalue weighted by Gasteiger charge is 2.28. The van der Waals surface area contributed by atoms with Gasteiger partial charge in [0.25, 0.3) is 0 Å². The van der Waals surface area contributed by atoms with Gasteiger partial charge in [0, 0.05) is 35.4 Å². The summed E-state index contributed by atoms with van der Waals surface area (Å²) in [6.45, 7) is 10.0. The Morgan fingerprint density at radius 3 is 2.26 bits per heavy atom. The molecule has 1 unspecified atom stereocenters. The Kier molecular flexibility index (Phi) is 9.79. The SMILES string of the molecule is Cc1ccc(-n2nc(C(C)(C)C)cc2NC(=O)Nc2cccc(C(CC(=O)c3ccc(S(C)(=O)=O)cc3)C3CCNCC3)c2)cc1. The van der Waals surface area contributed by atoms with Crippen LogP contribution in [0.5, 0.6) is 0 Å². The number of amides is 2. The summed E-state index contributed by atoms with van der Waals surface area (Å²) < 4.78 is 25.5. The summed E-state index contributed by atoms with van der Waals surface area (Å²) in [6.07, 6.45) is 3.30. The van der Waals surface area contributed by atoms with Gasteiger partial charge in [0.15, 0.2) is 15.6 Å². The summed E-state index contributed by atoms with van der Waals surface area (Å²) in [4.78, 5) is 27.0. The molecule has 3 aromatic carbocycles. The molecule has 242 valence electrons. The van der Waals surface area contributed by atoms with Crippen LogP contribution in [0.4, 0.5) is 16.3 Å². The third kappa shape index (κ3) is 8.10. The van der Waals surface area contributed by atoms with Crippen molar-refractivity contribution in [1.82, 2.24) is 15.1 Å². The lowest BCUT2D eigenvalue weighted by Gasteiger charge is -2.31. The van der Waals surface area contributed by atoms with E-state index in [-0.39, 0.29) is 34.4 Å². The number of aryl methyl sites for hydroxylation is 1. The molecule has 0 saturated carbocycles. The normalized spacial score (nSPS) is 14.9. The number of carbonyl (C=O) groups is 2. The molecular formula is C36H43N5O4S. The number of Topliss-reactive ketones (excluding diaryl/α,β-unsaturated/α-hetero) is 1. The summed E-state index contributed by atoms with van der Waals surface area (Å²) in [5, 5.41) is 14.2. The largest absolute Gasteiger partial charge is 0.324 e. The molecule has 0 bridgehead atoms. The zero-order valence-corrected chi connectivity index (χ0v) is 27.9. The van der Waals surface area contributed by atoms with Crippen LogP contribution in [0.1, 0.15) is 73.1 Å². The first-order chi connectivity index (χ1) is 21.8. The van der Waals surface area contributed by atoms with Crippen LogP contribution in [-0.4, -0.2) is 49.4 Å². The number of hydrogen-bond donors (Lipinski definition) is 3. The van der Waals surface area contributed by atoms with Crippen molar-refractivity contribution in [2.45, 2.75) is 63.2 Å². The van der Waals surface area contributed by atoms with Gasteiger partial charge in [-0.1, -0.05) is 62.7 Å².